The largest absolute Gasteiger partial charge is 0.454 e. The fraction of sp³-hybridized carbons (Fsp3) is 0.195. The standard InChI is InChI=1S/C24H14F6O4.2C24H16F4O4.C10H12O2/c25-15-5-13(6-16(26)21(15)29)23(31)33-19-9-11-3-1-2-4-12(11)10-20(19)34-24(32)14-7-17(27)22(30)18(28)8-14;25-17-5-15(6-18(26)11-17)23(29)31-21-9-13-3-1-2-4-14(13)10-22(21)32-24(30)16-7-19(27)12-20(28)8-16;25-17-7-5-15(9-19(17)27)23(29)31-21-11-13-3-1-2-4-14(13)12-22(21)32-24(30)16-6-8-18(26)20(28)10-16;11-9-5-7-3-1-2-4-8(7)6-10(9)12/h1-8,19-20H,9-10H2;1-8,11-12,21-22H,9-10H2;1-10,21-22H,11-12H2;1-4,9-12H,5-6H2/t19-,20+;2*21-,22+;9-,10+. The van der Waals surface area contributed by atoms with Gasteiger partial charge in [-0.05, 0) is 129 Å². The molecule has 0 saturated heterocycles. The van der Waals surface area contributed by atoms with Gasteiger partial charge >= 0.3 is 35.8 Å². The molecule has 14 rings (SSSR count). The molecule has 0 bridgehead atoms. The van der Waals surface area contributed by atoms with Crippen LogP contribution < -0.4 is 0 Å². The van der Waals surface area contributed by atoms with Crippen LogP contribution in [0.1, 0.15) is 107 Å². The summed E-state index contributed by atoms with van der Waals surface area (Å²) in [5.41, 5.74) is 4.95. The number of aliphatic hydroxyl groups is 2. The summed E-state index contributed by atoms with van der Waals surface area (Å²) in [6.07, 6.45) is -5.29. The van der Waals surface area contributed by atoms with Crippen molar-refractivity contribution in [3.63, 3.8) is 0 Å². The van der Waals surface area contributed by atoms with E-state index in [0.29, 0.717) is 49.2 Å². The number of carbonyl (C=O) groups excluding carboxylic acids is 6. The van der Waals surface area contributed by atoms with Crippen LogP contribution in [0.4, 0.5) is 61.5 Å². The molecular weight excluding hydrogens is 1470 g/mol. The van der Waals surface area contributed by atoms with E-state index in [2.05, 4.69) is 0 Å². The number of carbonyl (C=O) groups is 6. The first-order valence-corrected chi connectivity index (χ1v) is 33.5. The molecule has 14 nitrogen and oxygen atoms in total. The molecule has 2 N–H and O–H groups in total. The van der Waals surface area contributed by atoms with Crippen molar-refractivity contribution >= 4 is 35.8 Å². The van der Waals surface area contributed by atoms with Crippen LogP contribution in [0, 0.1) is 81.4 Å². The molecule has 0 amide bonds. The average Bonchev–Trinajstić information content (AvgIpc) is 0.811. The summed E-state index contributed by atoms with van der Waals surface area (Å²) in [5, 5.41) is 18.7. The lowest BCUT2D eigenvalue weighted by Crippen LogP contribution is -2.41. The van der Waals surface area contributed by atoms with Crippen LogP contribution in [0.3, 0.4) is 0 Å². The summed E-state index contributed by atoms with van der Waals surface area (Å²) in [7, 11) is 0. The third-order valence-electron chi connectivity index (χ3n) is 18.0. The Morgan fingerprint density at radius 1 is 0.227 bits per heavy atom. The van der Waals surface area contributed by atoms with E-state index in [1.165, 1.54) is 0 Å². The Morgan fingerprint density at radius 3 is 0.636 bits per heavy atom. The van der Waals surface area contributed by atoms with Gasteiger partial charge in [-0.1, -0.05) is 97.1 Å². The summed E-state index contributed by atoms with van der Waals surface area (Å²) in [5.74, 6) is -24.5. The summed E-state index contributed by atoms with van der Waals surface area (Å²) >= 11 is 0. The van der Waals surface area contributed by atoms with Gasteiger partial charge in [-0.3, -0.25) is 0 Å². The summed E-state index contributed by atoms with van der Waals surface area (Å²) in [4.78, 5) is 75.1. The van der Waals surface area contributed by atoms with Gasteiger partial charge in [-0.2, -0.15) is 0 Å². The maximum atomic E-state index is 13.5. The molecule has 28 heteroatoms. The first-order valence-electron chi connectivity index (χ1n) is 33.5. The van der Waals surface area contributed by atoms with Crippen LogP contribution in [0.5, 0.6) is 0 Å². The normalized spacial score (nSPS) is 18.5. The lowest BCUT2D eigenvalue weighted by Gasteiger charge is -2.32. The molecule has 0 saturated carbocycles. The van der Waals surface area contributed by atoms with Gasteiger partial charge in [0.05, 0.1) is 45.6 Å². The Balaban J connectivity index is 0.000000152. The number of ether oxygens (including phenoxy) is 6. The molecule has 568 valence electrons. The molecule has 0 aliphatic heterocycles. The number of rotatable bonds is 12. The molecule has 0 aromatic heterocycles. The molecule has 0 spiro atoms. The number of hydrogen-bond donors (Lipinski definition) is 2. The van der Waals surface area contributed by atoms with Crippen molar-refractivity contribution in [3.8, 4) is 0 Å². The Morgan fingerprint density at radius 2 is 0.418 bits per heavy atom. The second-order valence-electron chi connectivity index (χ2n) is 25.6. The van der Waals surface area contributed by atoms with Crippen molar-refractivity contribution in [2.24, 2.45) is 0 Å². The predicted molar refractivity (Wildman–Crippen MR) is 361 cm³/mol. The molecule has 0 unspecified atom stereocenters. The summed E-state index contributed by atoms with van der Waals surface area (Å²) < 4.78 is 220. The van der Waals surface area contributed by atoms with Gasteiger partial charge in [0.1, 0.15) is 59.9 Å². The molecule has 0 radical (unpaired) electrons. The SMILES string of the molecule is O=C(O[C@H]1Cc2ccccc2C[C@H]1OC(=O)c1cc(F)c(F)c(F)c1)c1cc(F)c(F)c(F)c1.O=C(O[C@H]1Cc2ccccc2C[C@H]1OC(=O)c1cc(F)cc(F)c1)c1cc(F)cc(F)c1.O=C(O[C@H]1Cc2ccccc2C[C@H]1OC(=O)c1ccc(F)c(F)c1)c1ccc(F)c(F)c1.O[C@@H]1Cc2ccccc2C[C@@H]1O. The van der Waals surface area contributed by atoms with Crippen molar-refractivity contribution in [2.75, 3.05) is 0 Å². The molecule has 0 heterocycles. The lowest BCUT2D eigenvalue weighted by atomic mass is 9.87. The zero-order chi connectivity index (χ0) is 78.8. The van der Waals surface area contributed by atoms with Gasteiger partial charge in [-0.25, -0.2) is 90.2 Å². The van der Waals surface area contributed by atoms with Gasteiger partial charge in [-0.15, -0.1) is 0 Å². The zero-order valence-electron chi connectivity index (χ0n) is 56.8. The second-order valence-corrected chi connectivity index (χ2v) is 25.6. The molecule has 0 fully saturated rings. The van der Waals surface area contributed by atoms with Gasteiger partial charge in [0.15, 0.2) is 58.2 Å². The second kappa shape index (κ2) is 34.9. The van der Waals surface area contributed by atoms with E-state index in [4.69, 9.17) is 28.4 Å². The molecule has 4 aliphatic carbocycles. The van der Waals surface area contributed by atoms with Crippen LogP contribution in [0.15, 0.2) is 194 Å². The van der Waals surface area contributed by atoms with Crippen LogP contribution in [-0.2, 0) is 79.8 Å². The van der Waals surface area contributed by atoms with Crippen molar-refractivity contribution in [1.29, 1.82) is 0 Å². The number of esters is 6. The van der Waals surface area contributed by atoms with Crippen LogP contribution in [0.25, 0.3) is 0 Å². The maximum absolute atomic E-state index is 13.5. The maximum Gasteiger partial charge on any atom is 0.338 e. The highest BCUT2D eigenvalue weighted by atomic mass is 19.2. The van der Waals surface area contributed by atoms with Gasteiger partial charge in [0.25, 0.3) is 0 Å². The van der Waals surface area contributed by atoms with Crippen molar-refractivity contribution in [3.05, 3.63) is 353 Å². The Hall–Kier alpha value is -12.0. The molecule has 10 aromatic rings. The van der Waals surface area contributed by atoms with Crippen LogP contribution >= 0.6 is 0 Å². The van der Waals surface area contributed by atoms with E-state index < -0.39 is 177 Å². The molecule has 110 heavy (non-hydrogen) atoms. The van der Waals surface area contributed by atoms with E-state index in [9.17, 15) is 100 Å². The van der Waals surface area contributed by atoms with E-state index in [0.717, 1.165) is 105 Å². The zero-order valence-corrected chi connectivity index (χ0v) is 56.8. The van der Waals surface area contributed by atoms with Gasteiger partial charge < -0.3 is 38.6 Å². The highest BCUT2D eigenvalue weighted by Gasteiger charge is 2.39. The summed E-state index contributed by atoms with van der Waals surface area (Å²) in [6.45, 7) is 0. The molecule has 10 aromatic carbocycles. The van der Waals surface area contributed by atoms with Crippen molar-refractivity contribution in [2.45, 2.75) is 100 Å². The topological polar surface area (TPSA) is 198 Å². The monoisotopic (exact) mass is 1530 g/mol. The van der Waals surface area contributed by atoms with E-state index in [-0.39, 0.29) is 60.8 Å². The molecule has 8 atom stereocenters. The molecule has 4 aliphatic rings. The Bertz CT molecular complexity index is 4760. The first kappa shape index (κ1) is 79.0. The average molecular weight is 1530 g/mol. The highest BCUT2D eigenvalue weighted by molar-refractivity contribution is 5.93. The number of benzene rings is 10. The predicted octanol–water partition coefficient (Wildman–Crippen LogP) is 15.2. The van der Waals surface area contributed by atoms with Gasteiger partial charge in [0.2, 0.25) is 0 Å². The Kier molecular flexibility index (Phi) is 25.1. The van der Waals surface area contributed by atoms with Crippen molar-refractivity contribution < 1.29 is 129 Å². The van der Waals surface area contributed by atoms with Crippen molar-refractivity contribution in [1.82, 2.24) is 0 Å². The number of halogens is 14. The number of aliphatic hydroxyl groups excluding tert-OH is 2. The minimum Gasteiger partial charge on any atom is -0.454 e. The third-order valence-corrected chi connectivity index (χ3v) is 18.0. The minimum atomic E-state index is -1.76. The number of fused-ring (bicyclic) bond motifs is 4. The summed E-state index contributed by atoms with van der Waals surface area (Å²) in [6, 6.07) is 41.0. The van der Waals surface area contributed by atoms with Crippen LogP contribution in [0.2, 0.25) is 0 Å². The smallest absolute Gasteiger partial charge is 0.338 e. The molecular formula is C82H58F14O14. The fourth-order valence-electron chi connectivity index (χ4n) is 12.5. The van der Waals surface area contributed by atoms with E-state index in [1.54, 1.807) is 48.5 Å². The quantitative estimate of drug-likeness (QED) is 0.0507. The highest BCUT2D eigenvalue weighted by Crippen LogP contribution is 2.33. The first-order chi connectivity index (χ1) is 52.5. The fourth-order valence-corrected chi connectivity index (χ4v) is 12.5. The lowest BCUT2D eigenvalue weighted by molar-refractivity contribution is -0.0390. The minimum absolute atomic E-state index is 0.0398. The third kappa shape index (κ3) is 19.6. The Labute approximate surface area is 616 Å². The van der Waals surface area contributed by atoms with Gasteiger partial charge in [0, 0.05) is 63.5 Å². The van der Waals surface area contributed by atoms with Crippen LogP contribution in [-0.4, -0.2) is 94.9 Å². The number of hydrogen-bond acceptors (Lipinski definition) is 14. The van der Waals surface area contributed by atoms with E-state index in [1.807, 2.05) is 48.5 Å². The van der Waals surface area contributed by atoms with E-state index >= 15 is 0 Å².